The maximum Gasteiger partial charge on any atom is 0.189 e. The molecule has 1 heterocycles. The van der Waals surface area contributed by atoms with E-state index in [1.807, 2.05) is 6.07 Å². The molecule has 1 aliphatic rings. The normalized spacial score (nSPS) is 14.4. The highest BCUT2D eigenvalue weighted by Gasteiger charge is 2.25. The predicted octanol–water partition coefficient (Wildman–Crippen LogP) is 3.59. The highest BCUT2D eigenvalue weighted by atomic mass is 16.5. The molecular weight excluding hydrogens is 266 g/mol. The lowest BCUT2D eigenvalue weighted by Crippen LogP contribution is -2.06. The van der Waals surface area contributed by atoms with E-state index in [0.29, 0.717) is 29.4 Å². The van der Waals surface area contributed by atoms with E-state index in [4.69, 9.17) is 9.47 Å². The van der Waals surface area contributed by atoms with Crippen LogP contribution in [0.1, 0.15) is 44.2 Å². The number of pyridine rings is 1. The molecule has 21 heavy (non-hydrogen) atoms. The second-order valence-corrected chi connectivity index (χ2v) is 5.61. The van der Waals surface area contributed by atoms with Crippen molar-refractivity contribution in [2.24, 2.45) is 0 Å². The van der Waals surface area contributed by atoms with E-state index in [-0.39, 0.29) is 5.43 Å². The first-order valence-corrected chi connectivity index (χ1v) is 7.60. The van der Waals surface area contributed by atoms with Crippen LogP contribution in [0.2, 0.25) is 0 Å². The van der Waals surface area contributed by atoms with Gasteiger partial charge in [0.2, 0.25) is 0 Å². The zero-order chi connectivity index (χ0) is 14.8. The first-order chi connectivity index (χ1) is 10.2. The van der Waals surface area contributed by atoms with Crippen LogP contribution in [0.5, 0.6) is 11.5 Å². The van der Waals surface area contributed by atoms with E-state index in [0.717, 1.165) is 36.9 Å². The number of hydrogen-bond acceptors (Lipinski definition) is 3. The highest BCUT2D eigenvalue weighted by Crippen LogP contribution is 2.39. The van der Waals surface area contributed by atoms with E-state index >= 15 is 0 Å². The molecule has 0 atom stereocenters. The molecule has 3 rings (SSSR count). The number of ether oxygens (including phenoxy) is 2. The molecule has 0 radical (unpaired) electrons. The molecule has 2 aromatic rings. The number of hydrogen-bond donors (Lipinski definition) is 1. The zero-order valence-electron chi connectivity index (χ0n) is 12.6. The molecule has 0 saturated heterocycles. The molecular formula is C17H21NO3. The summed E-state index contributed by atoms with van der Waals surface area (Å²) in [5.41, 5.74) is 1.91. The summed E-state index contributed by atoms with van der Waals surface area (Å²) in [5, 5.41) is 0.652. The fourth-order valence-corrected chi connectivity index (χ4v) is 2.49. The Kier molecular flexibility index (Phi) is 3.86. The average Bonchev–Trinajstić information content (AvgIpc) is 3.31. The van der Waals surface area contributed by atoms with Crippen LogP contribution in [0.4, 0.5) is 0 Å². The molecule has 0 aliphatic heterocycles. The summed E-state index contributed by atoms with van der Waals surface area (Å²) in [6.45, 7) is 2.78. The van der Waals surface area contributed by atoms with Gasteiger partial charge in [0.1, 0.15) is 0 Å². The molecule has 112 valence electrons. The first kappa shape index (κ1) is 14.0. The molecule has 1 saturated carbocycles. The third-order valence-corrected chi connectivity index (χ3v) is 3.91. The Morgan fingerprint density at radius 3 is 2.71 bits per heavy atom. The Labute approximate surface area is 124 Å². The van der Waals surface area contributed by atoms with Gasteiger partial charge in [0.15, 0.2) is 16.9 Å². The summed E-state index contributed by atoms with van der Waals surface area (Å²) < 4.78 is 11.1. The Bertz CT molecular complexity index is 701. The van der Waals surface area contributed by atoms with Crippen LogP contribution in [0.15, 0.2) is 23.0 Å². The fourth-order valence-electron chi connectivity index (χ4n) is 2.49. The van der Waals surface area contributed by atoms with Crippen molar-refractivity contribution in [2.45, 2.75) is 38.5 Å². The minimum Gasteiger partial charge on any atom is -0.493 e. The van der Waals surface area contributed by atoms with E-state index in [1.54, 1.807) is 19.2 Å². The number of rotatable bonds is 6. The van der Waals surface area contributed by atoms with Crippen LogP contribution in [0, 0.1) is 0 Å². The number of unbranched alkanes of at least 4 members (excludes halogenated alkanes) is 1. The number of benzene rings is 1. The lowest BCUT2D eigenvalue weighted by molar-refractivity contribution is 0.289. The largest absolute Gasteiger partial charge is 0.493 e. The van der Waals surface area contributed by atoms with Gasteiger partial charge in [0.05, 0.1) is 19.2 Å². The van der Waals surface area contributed by atoms with Gasteiger partial charge in [-0.3, -0.25) is 4.79 Å². The van der Waals surface area contributed by atoms with Gasteiger partial charge in [-0.1, -0.05) is 13.3 Å². The molecule has 4 nitrogen and oxygen atoms in total. The van der Waals surface area contributed by atoms with Gasteiger partial charge < -0.3 is 14.5 Å². The summed E-state index contributed by atoms with van der Waals surface area (Å²) in [7, 11) is 1.60. The van der Waals surface area contributed by atoms with E-state index in [9.17, 15) is 4.79 Å². The highest BCUT2D eigenvalue weighted by molar-refractivity contribution is 5.82. The summed E-state index contributed by atoms with van der Waals surface area (Å²) in [6, 6.07) is 5.38. The third-order valence-electron chi connectivity index (χ3n) is 3.91. The molecule has 1 aromatic heterocycles. The van der Waals surface area contributed by atoms with Gasteiger partial charge in [0, 0.05) is 23.2 Å². The number of nitrogens with one attached hydrogen (secondary N) is 1. The predicted molar refractivity (Wildman–Crippen MR) is 83.5 cm³/mol. The van der Waals surface area contributed by atoms with E-state index < -0.39 is 0 Å². The molecule has 0 amide bonds. The lowest BCUT2D eigenvalue weighted by atomic mass is 10.1. The van der Waals surface area contributed by atoms with Gasteiger partial charge in [-0.15, -0.1) is 0 Å². The fraction of sp³-hybridized carbons (Fsp3) is 0.471. The number of fused-ring (bicyclic) bond motifs is 1. The molecule has 1 N–H and O–H groups in total. The molecule has 1 fully saturated rings. The van der Waals surface area contributed by atoms with Crippen molar-refractivity contribution >= 4 is 10.9 Å². The lowest BCUT2D eigenvalue weighted by Gasteiger charge is -2.12. The van der Waals surface area contributed by atoms with Crippen LogP contribution in [0.3, 0.4) is 0 Å². The minimum absolute atomic E-state index is 0.0454. The van der Waals surface area contributed by atoms with Crippen LogP contribution in [-0.4, -0.2) is 18.7 Å². The van der Waals surface area contributed by atoms with Gasteiger partial charge in [-0.25, -0.2) is 0 Å². The van der Waals surface area contributed by atoms with Crippen molar-refractivity contribution in [2.75, 3.05) is 13.7 Å². The van der Waals surface area contributed by atoms with Crippen molar-refractivity contribution in [1.82, 2.24) is 4.98 Å². The molecule has 0 unspecified atom stereocenters. The summed E-state index contributed by atoms with van der Waals surface area (Å²) >= 11 is 0. The van der Waals surface area contributed by atoms with Crippen molar-refractivity contribution in [3.63, 3.8) is 0 Å². The summed E-state index contributed by atoms with van der Waals surface area (Å²) in [5.74, 6) is 1.83. The molecule has 1 aliphatic carbocycles. The number of H-pyrrole nitrogens is 1. The zero-order valence-corrected chi connectivity index (χ0v) is 12.6. The second kappa shape index (κ2) is 5.80. The van der Waals surface area contributed by atoms with Gasteiger partial charge >= 0.3 is 0 Å². The molecule has 0 spiro atoms. The maximum atomic E-state index is 12.3. The third kappa shape index (κ3) is 2.89. The Morgan fingerprint density at radius 1 is 1.24 bits per heavy atom. The van der Waals surface area contributed by atoms with Crippen molar-refractivity contribution in [1.29, 1.82) is 0 Å². The van der Waals surface area contributed by atoms with E-state index in [1.165, 1.54) is 0 Å². The first-order valence-electron chi connectivity index (χ1n) is 7.60. The quantitative estimate of drug-likeness (QED) is 0.826. The molecule has 0 bridgehead atoms. The van der Waals surface area contributed by atoms with Crippen molar-refractivity contribution < 1.29 is 9.47 Å². The maximum absolute atomic E-state index is 12.3. The van der Waals surface area contributed by atoms with E-state index in [2.05, 4.69) is 11.9 Å². The van der Waals surface area contributed by atoms with Gasteiger partial charge in [-0.2, -0.15) is 0 Å². The van der Waals surface area contributed by atoms with Crippen LogP contribution in [0.25, 0.3) is 10.9 Å². The number of aromatic nitrogens is 1. The SMILES string of the molecule is CCCCOc1cc2[nH]c(C3CC3)cc(=O)c2cc1OC. The average molecular weight is 287 g/mol. The Balaban J connectivity index is 2.03. The number of aromatic amines is 1. The summed E-state index contributed by atoms with van der Waals surface area (Å²) in [4.78, 5) is 15.6. The monoisotopic (exact) mass is 287 g/mol. The van der Waals surface area contributed by atoms with Crippen LogP contribution >= 0.6 is 0 Å². The number of methoxy groups -OCH3 is 1. The van der Waals surface area contributed by atoms with Crippen molar-refractivity contribution in [3.05, 3.63) is 34.1 Å². The summed E-state index contributed by atoms with van der Waals surface area (Å²) in [6.07, 6.45) is 4.41. The van der Waals surface area contributed by atoms with Gasteiger partial charge in [-0.05, 0) is 31.2 Å². The van der Waals surface area contributed by atoms with Gasteiger partial charge in [0.25, 0.3) is 0 Å². The Morgan fingerprint density at radius 2 is 2.05 bits per heavy atom. The standard InChI is InChI=1S/C17H21NO3/c1-3-4-7-21-17-10-14-12(8-16(17)20-2)15(19)9-13(18-14)11-5-6-11/h8-11H,3-7H2,1-2H3,(H,18,19). The Hall–Kier alpha value is -1.97. The topological polar surface area (TPSA) is 51.3 Å². The van der Waals surface area contributed by atoms with Crippen LogP contribution < -0.4 is 14.9 Å². The van der Waals surface area contributed by atoms with Crippen molar-refractivity contribution in [3.8, 4) is 11.5 Å². The molecule has 4 heteroatoms. The minimum atomic E-state index is 0.0454. The van der Waals surface area contributed by atoms with Crippen LogP contribution in [-0.2, 0) is 0 Å². The second-order valence-electron chi connectivity index (χ2n) is 5.61. The molecule has 1 aromatic carbocycles. The smallest absolute Gasteiger partial charge is 0.189 e.